The number of amides is 2. The maximum Gasteiger partial charge on any atom is 0.265 e. The third-order valence-electron chi connectivity index (χ3n) is 3.38. The molecule has 1 atom stereocenters. The van der Waals surface area contributed by atoms with Gasteiger partial charge in [0.1, 0.15) is 11.5 Å². The van der Waals surface area contributed by atoms with Crippen molar-refractivity contribution in [2.45, 2.75) is 13.0 Å². The van der Waals surface area contributed by atoms with Gasteiger partial charge in [-0.15, -0.1) is 0 Å². The van der Waals surface area contributed by atoms with Gasteiger partial charge in [0, 0.05) is 11.3 Å². The molecule has 2 aromatic carbocycles. The van der Waals surface area contributed by atoms with Crippen molar-refractivity contribution in [3.63, 3.8) is 0 Å². The molecule has 0 saturated carbocycles. The number of carbonyl (C=O) groups is 2. The summed E-state index contributed by atoms with van der Waals surface area (Å²) in [4.78, 5) is 23.8. The Hall–Kier alpha value is -2.73. The fraction of sp³-hybridized carbons (Fsp3) is 0.125. The SMILES string of the molecule is CC1Oc2ccc(NC(=O)c3ccc(O)c(Cl)c3)cc2NC1=O. The zero-order valence-corrected chi connectivity index (χ0v) is 12.8. The van der Waals surface area contributed by atoms with Crippen molar-refractivity contribution >= 4 is 34.8 Å². The molecule has 1 heterocycles. The number of carbonyl (C=O) groups excluding carboxylic acids is 2. The predicted octanol–water partition coefficient (Wildman–Crippen LogP) is 3.02. The summed E-state index contributed by atoms with van der Waals surface area (Å²) in [6, 6.07) is 9.13. The fourth-order valence-corrected chi connectivity index (χ4v) is 2.32. The monoisotopic (exact) mass is 332 g/mol. The fourth-order valence-electron chi connectivity index (χ4n) is 2.14. The molecule has 1 unspecified atom stereocenters. The number of halogens is 1. The maximum absolute atomic E-state index is 12.2. The van der Waals surface area contributed by atoms with Gasteiger partial charge in [0.2, 0.25) is 0 Å². The Bertz CT molecular complexity index is 807. The molecule has 0 bridgehead atoms. The summed E-state index contributed by atoms with van der Waals surface area (Å²) >= 11 is 5.79. The lowest BCUT2D eigenvalue weighted by Crippen LogP contribution is -2.34. The molecule has 0 aromatic heterocycles. The molecular weight excluding hydrogens is 320 g/mol. The first kappa shape index (κ1) is 15.2. The molecule has 1 aliphatic heterocycles. The molecule has 2 amide bonds. The van der Waals surface area contributed by atoms with E-state index in [9.17, 15) is 14.7 Å². The molecule has 2 aromatic rings. The second kappa shape index (κ2) is 5.81. The number of phenolic OH excluding ortho intramolecular Hbond substituents is 1. The molecule has 3 rings (SSSR count). The molecule has 118 valence electrons. The molecule has 7 heteroatoms. The van der Waals surface area contributed by atoms with Crippen molar-refractivity contribution in [3.8, 4) is 11.5 Å². The van der Waals surface area contributed by atoms with Crippen LogP contribution in [0.1, 0.15) is 17.3 Å². The number of hydrogen-bond acceptors (Lipinski definition) is 4. The van der Waals surface area contributed by atoms with Gasteiger partial charge >= 0.3 is 0 Å². The van der Waals surface area contributed by atoms with E-state index in [-0.39, 0.29) is 22.6 Å². The van der Waals surface area contributed by atoms with Crippen molar-refractivity contribution in [2.75, 3.05) is 10.6 Å². The average molecular weight is 333 g/mol. The van der Waals surface area contributed by atoms with Crippen LogP contribution in [0.2, 0.25) is 5.02 Å². The van der Waals surface area contributed by atoms with E-state index in [1.165, 1.54) is 18.2 Å². The first-order valence-corrected chi connectivity index (χ1v) is 7.23. The predicted molar refractivity (Wildman–Crippen MR) is 86.2 cm³/mol. The number of nitrogens with one attached hydrogen (secondary N) is 2. The molecule has 1 aliphatic rings. The largest absolute Gasteiger partial charge is 0.506 e. The average Bonchev–Trinajstić information content (AvgIpc) is 2.51. The molecule has 3 N–H and O–H groups in total. The Labute approximate surface area is 137 Å². The van der Waals surface area contributed by atoms with Crippen LogP contribution in [0.25, 0.3) is 0 Å². The van der Waals surface area contributed by atoms with Gasteiger partial charge < -0.3 is 20.5 Å². The van der Waals surface area contributed by atoms with Crippen LogP contribution in [-0.2, 0) is 4.79 Å². The van der Waals surface area contributed by atoms with Crippen LogP contribution in [-0.4, -0.2) is 23.0 Å². The van der Waals surface area contributed by atoms with Gasteiger partial charge in [-0.3, -0.25) is 9.59 Å². The lowest BCUT2D eigenvalue weighted by Gasteiger charge is -2.23. The molecule has 0 radical (unpaired) electrons. The number of anilines is 2. The highest BCUT2D eigenvalue weighted by Gasteiger charge is 2.23. The van der Waals surface area contributed by atoms with Gasteiger partial charge in [-0.25, -0.2) is 0 Å². The molecule has 0 aliphatic carbocycles. The quantitative estimate of drug-likeness (QED) is 0.788. The van der Waals surface area contributed by atoms with Crippen molar-refractivity contribution in [2.24, 2.45) is 0 Å². The highest BCUT2D eigenvalue weighted by molar-refractivity contribution is 6.32. The van der Waals surface area contributed by atoms with E-state index < -0.39 is 6.10 Å². The number of rotatable bonds is 2. The van der Waals surface area contributed by atoms with Crippen LogP contribution in [0.5, 0.6) is 11.5 Å². The molecule has 0 fully saturated rings. The minimum Gasteiger partial charge on any atom is -0.506 e. The van der Waals surface area contributed by atoms with Gasteiger partial charge in [-0.2, -0.15) is 0 Å². The van der Waals surface area contributed by atoms with Crippen LogP contribution >= 0.6 is 11.6 Å². The van der Waals surface area contributed by atoms with Gasteiger partial charge in [0.05, 0.1) is 10.7 Å². The molecule has 0 spiro atoms. The molecule has 0 saturated heterocycles. The minimum absolute atomic E-state index is 0.0917. The molecular formula is C16H13ClN2O4. The van der Waals surface area contributed by atoms with Gasteiger partial charge in [0.25, 0.3) is 11.8 Å². The van der Waals surface area contributed by atoms with Crippen molar-refractivity contribution in [3.05, 3.63) is 47.0 Å². The standard InChI is InChI=1S/C16H13ClN2O4/c1-8-15(21)19-12-7-10(3-5-14(12)23-8)18-16(22)9-2-4-13(20)11(17)6-9/h2-8,20H,1H3,(H,18,22)(H,19,21). The lowest BCUT2D eigenvalue weighted by molar-refractivity contribution is -0.122. The lowest BCUT2D eigenvalue weighted by atomic mass is 10.1. The van der Waals surface area contributed by atoms with E-state index in [0.717, 1.165) is 0 Å². The highest BCUT2D eigenvalue weighted by Crippen LogP contribution is 2.32. The summed E-state index contributed by atoms with van der Waals surface area (Å²) in [5.41, 5.74) is 1.30. The Morgan fingerprint density at radius 2 is 2.09 bits per heavy atom. The zero-order chi connectivity index (χ0) is 16.6. The highest BCUT2D eigenvalue weighted by atomic mass is 35.5. The van der Waals surface area contributed by atoms with E-state index in [2.05, 4.69) is 10.6 Å². The summed E-state index contributed by atoms with van der Waals surface area (Å²) in [6.45, 7) is 1.66. The summed E-state index contributed by atoms with van der Waals surface area (Å²) in [7, 11) is 0. The van der Waals surface area contributed by atoms with E-state index in [0.29, 0.717) is 22.7 Å². The van der Waals surface area contributed by atoms with Crippen LogP contribution in [0, 0.1) is 0 Å². The number of ether oxygens (including phenoxy) is 1. The minimum atomic E-state index is -0.554. The van der Waals surface area contributed by atoms with Gasteiger partial charge in [0.15, 0.2) is 6.10 Å². The number of aromatic hydroxyl groups is 1. The van der Waals surface area contributed by atoms with Crippen molar-refractivity contribution in [1.29, 1.82) is 0 Å². The van der Waals surface area contributed by atoms with Gasteiger partial charge in [-0.05, 0) is 43.3 Å². The van der Waals surface area contributed by atoms with Crippen LogP contribution in [0.4, 0.5) is 11.4 Å². The number of hydrogen-bond donors (Lipinski definition) is 3. The normalized spacial score (nSPS) is 16.1. The van der Waals surface area contributed by atoms with Gasteiger partial charge in [-0.1, -0.05) is 11.6 Å². The molecule has 6 nitrogen and oxygen atoms in total. The number of fused-ring (bicyclic) bond motifs is 1. The maximum atomic E-state index is 12.2. The first-order chi connectivity index (χ1) is 10.9. The Morgan fingerprint density at radius 1 is 1.30 bits per heavy atom. The third-order valence-corrected chi connectivity index (χ3v) is 3.68. The zero-order valence-electron chi connectivity index (χ0n) is 12.1. The van der Waals surface area contributed by atoms with E-state index >= 15 is 0 Å². The Balaban J connectivity index is 1.80. The van der Waals surface area contributed by atoms with Crippen LogP contribution in [0.3, 0.4) is 0 Å². The van der Waals surface area contributed by atoms with E-state index in [1.54, 1.807) is 25.1 Å². The number of benzene rings is 2. The topological polar surface area (TPSA) is 87.7 Å². The summed E-state index contributed by atoms with van der Waals surface area (Å²) in [5, 5.41) is 14.9. The van der Waals surface area contributed by atoms with Crippen molar-refractivity contribution < 1.29 is 19.4 Å². The summed E-state index contributed by atoms with van der Waals surface area (Å²) < 4.78 is 5.45. The van der Waals surface area contributed by atoms with E-state index in [1.807, 2.05) is 0 Å². The van der Waals surface area contributed by atoms with Crippen LogP contribution < -0.4 is 15.4 Å². The molecule has 23 heavy (non-hydrogen) atoms. The van der Waals surface area contributed by atoms with Crippen molar-refractivity contribution in [1.82, 2.24) is 0 Å². The second-order valence-electron chi connectivity index (χ2n) is 5.08. The first-order valence-electron chi connectivity index (χ1n) is 6.85. The summed E-state index contributed by atoms with van der Waals surface area (Å²) in [6.07, 6.45) is -0.554. The number of phenols is 1. The van der Waals surface area contributed by atoms with E-state index in [4.69, 9.17) is 16.3 Å². The smallest absolute Gasteiger partial charge is 0.265 e. The second-order valence-corrected chi connectivity index (χ2v) is 5.49. The van der Waals surface area contributed by atoms with Crippen LogP contribution in [0.15, 0.2) is 36.4 Å². The summed E-state index contributed by atoms with van der Waals surface area (Å²) in [5.74, 6) is -0.177. The Morgan fingerprint density at radius 3 is 2.83 bits per heavy atom. The third kappa shape index (κ3) is 3.07. The Kier molecular flexibility index (Phi) is 3.83.